The largest absolute Gasteiger partial charge is 0.0616 e. The van der Waals surface area contributed by atoms with E-state index in [9.17, 15) is 0 Å². The van der Waals surface area contributed by atoms with Crippen LogP contribution < -0.4 is 21.2 Å². The molecule has 0 atom stereocenters. The van der Waals surface area contributed by atoms with Crippen LogP contribution in [-0.2, 0) is 0 Å². The molecule has 0 spiro atoms. The van der Waals surface area contributed by atoms with Crippen LogP contribution in [0.5, 0.6) is 0 Å². The highest BCUT2D eigenvalue weighted by Crippen LogP contribution is 2.58. The van der Waals surface area contributed by atoms with Crippen molar-refractivity contribution >= 4 is 80.2 Å². The third-order valence-electron chi connectivity index (χ3n) is 8.85. The maximum Gasteiger partial charge on any atom is 0.0127 e. The van der Waals surface area contributed by atoms with E-state index < -0.39 is 15.8 Å². The first kappa shape index (κ1) is 27.2. The van der Waals surface area contributed by atoms with Gasteiger partial charge < -0.3 is 0 Å². The van der Waals surface area contributed by atoms with Gasteiger partial charge in [-0.15, -0.1) is 0 Å². The van der Waals surface area contributed by atoms with Gasteiger partial charge in [-0.3, -0.25) is 0 Å². The van der Waals surface area contributed by atoms with E-state index in [0.29, 0.717) is 5.40 Å². The molecule has 0 saturated carbocycles. The van der Waals surface area contributed by atoms with Gasteiger partial charge >= 0.3 is 0 Å². The molecule has 0 aliphatic carbocycles. The average Bonchev–Trinajstić information content (AvgIpc) is 3.09. The standard InChI is InChI=1S/C42H32P2/c1-30(43(39-26-10-18-31-14-2-6-22-35(31)39)40-27-11-19-32-15-3-7-23-36(32)40)44(41-28-12-20-33-16-4-8-24-37(33)41)42-29-13-21-34-17-5-9-25-38(34)42/h2-30H,1H3. The molecule has 2 heteroatoms. The van der Waals surface area contributed by atoms with Crippen LogP contribution >= 0.6 is 15.8 Å². The fourth-order valence-corrected chi connectivity index (χ4v) is 14.2. The van der Waals surface area contributed by atoms with E-state index in [4.69, 9.17) is 0 Å². The van der Waals surface area contributed by atoms with Crippen LogP contribution in [-0.4, -0.2) is 5.40 Å². The van der Waals surface area contributed by atoms with Gasteiger partial charge in [0.2, 0.25) is 0 Å². The average molecular weight is 599 g/mol. The molecule has 0 bridgehead atoms. The van der Waals surface area contributed by atoms with E-state index >= 15 is 0 Å². The van der Waals surface area contributed by atoms with Crippen LogP contribution in [0.15, 0.2) is 170 Å². The number of rotatable bonds is 6. The second-order valence-corrected chi connectivity index (χ2v) is 16.7. The summed E-state index contributed by atoms with van der Waals surface area (Å²) in [5.74, 6) is 0. The molecule has 0 aliphatic rings. The van der Waals surface area contributed by atoms with E-state index in [1.54, 1.807) is 0 Å². The van der Waals surface area contributed by atoms with Gasteiger partial charge in [0.1, 0.15) is 0 Å². The van der Waals surface area contributed by atoms with E-state index in [1.807, 2.05) is 0 Å². The third-order valence-corrected chi connectivity index (χ3v) is 15.4. The van der Waals surface area contributed by atoms with Crippen molar-refractivity contribution in [3.63, 3.8) is 0 Å². The first-order valence-corrected chi connectivity index (χ1v) is 18.1. The van der Waals surface area contributed by atoms with E-state index in [0.717, 1.165) is 0 Å². The van der Waals surface area contributed by atoms with Crippen LogP contribution in [0.2, 0.25) is 0 Å². The van der Waals surface area contributed by atoms with Gasteiger partial charge in [0.25, 0.3) is 0 Å². The SMILES string of the molecule is CC(P(c1cccc2ccccc12)c1cccc2ccccc12)P(c1cccc2ccccc12)c1cccc2ccccc12. The van der Waals surface area contributed by atoms with E-state index in [-0.39, 0.29) is 0 Å². The summed E-state index contributed by atoms with van der Waals surface area (Å²) in [6.45, 7) is 2.55. The van der Waals surface area contributed by atoms with E-state index in [1.165, 1.54) is 64.3 Å². The highest BCUT2D eigenvalue weighted by molar-refractivity contribution is 7.90. The molecule has 8 aromatic rings. The Morgan fingerprint density at radius 3 is 0.795 bits per heavy atom. The molecule has 0 unspecified atom stereocenters. The lowest BCUT2D eigenvalue weighted by Gasteiger charge is -2.35. The van der Waals surface area contributed by atoms with Crippen molar-refractivity contribution in [1.82, 2.24) is 0 Å². The maximum atomic E-state index is 2.55. The summed E-state index contributed by atoms with van der Waals surface area (Å²) in [4.78, 5) is 0. The molecule has 0 aromatic heterocycles. The van der Waals surface area contributed by atoms with Crippen LogP contribution in [0.1, 0.15) is 6.92 Å². The zero-order valence-electron chi connectivity index (χ0n) is 24.6. The Hall–Kier alpha value is -4.34. The zero-order chi connectivity index (χ0) is 29.5. The van der Waals surface area contributed by atoms with Crippen LogP contribution in [0.25, 0.3) is 43.1 Å². The summed E-state index contributed by atoms with van der Waals surface area (Å²) in [6, 6.07) is 63.6. The first-order chi connectivity index (χ1) is 21.8. The number of hydrogen-bond acceptors (Lipinski definition) is 0. The minimum atomic E-state index is -0.780. The molecule has 0 aliphatic heterocycles. The highest BCUT2D eigenvalue weighted by atomic mass is 31.2. The van der Waals surface area contributed by atoms with Gasteiger partial charge in [-0.1, -0.05) is 177 Å². The maximum absolute atomic E-state index is 2.55. The lowest BCUT2D eigenvalue weighted by Crippen LogP contribution is -2.27. The quantitative estimate of drug-likeness (QED) is 0.167. The fourth-order valence-electron chi connectivity index (χ4n) is 6.85. The van der Waals surface area contributed by atoms with Gasteiger partial charge in [0, 0.05) is 5.40 Å². The monoisotopic (exact) mass is 598 g/mol. The molecule has 210 valence electrons. The smallest absolute Gasteiger partial charge is 0.0127 e. The molecule has 0 saturated heterocycles. The Morgan fingerprint density at radius 2 is 0.523 bits per heavy atom. The van der Waals surface area contributed by atoms with Crippen molar-refractivity contribution in [2.24, 2.45) is 0 Å². The fraction of sp³-hybridized carbons (Fsp3) is 0.0476. The molecule has 0 radical (unpaired) electrons. The van der Waals surface area contributed by atoms with Crippen molar-refractivity contribution in [2.45, 2.75) is 12.3 Å². The predicted octanol–water partition coefficient (Wildman–Crippen LogP) is 10.2. The van der Waals surface area contributed by atoms with Gasteiger partial charge in [-0.2, -0.15) is 0 Å². The molecule has 0 heterocycles. The molecular weight excluding hydrogens is 566 g/mol. The molecule has 0 nitrogen and oxygen atoms in total. The number of benzene rings is 8. The molecule has 0 N–H and O–H groups in total. The number of fused-ring (bicyclic) bond motifs is 4. The molecule has 44 heavy (non-hydrogen) atoms. The minimum Gasteiger partial charge on any atom is -0.0616 e. The summed E-state index contributed by atoms with van der Waals surface area (Å²) in [6.07, 6.45) is 0. The molecule has 8 rings (SSSR count). The Bertz CT molecular complexity index is 1940. The Kier molecular flexibility index (Phi) is 7.20. The second kappa shape index (κ2) is 11.6. The van der Waals surface area contributed by atoms with Crippen molar-refractivity contribution in [3.05, 3.63) is 170 Å². The van der Waals surface area contributed by atoms with Crippen molar-refractivity contribution in [1.29, 1.82) is 0 Å². The summed E-state index contributed by atoms with van der Waals surface area (Å²) in [5.41, 5.74) is 0. The summed E-state index contributed by atoms with van der Waals surface area (Å²) >= 11 is 0. The molecule has 0 fully saturated rings. The Morgan fingerprint density at radius 1 is 0.295 bits per heavy atom. The van der Waals surface area contributed by atoms with Crippen molar-refractivity contribution in [2.75, 3.05) is 0 Å². The highest BCUT2D eigenvalue weighted by Gasteiger charge is 2.33. The van der Waals surface area contributed by atoms with Crippen LogP contribution in [0.3, 0.4) is 0 Å². The molecular formula is C42H32P2. The van der Waals surface area contributed by atoms with Crippen molar-refractivity contribution in [3.8, 4) is 0 Å². The predicted molar refractivity (Wildman–Crippen MR) is 198 cm³/mol. The van der Waals surface area contributed by atoms with Crippen LogP contribution in [0.4, 0.5) is 0 Å². The summed E-state index contributed by atoms with van der Waals surface area (Å²) < 4.78 is 0. The lowest BCUT2D eigenvalue weighted by atomic mass is 10.1. The topological polar surface area (TPSA) is 0 Å². The molecule has 0 amide bonds. The minimum absolute atomic E-state index is 0.355. The lowest BCUT2D eigenvalue weighted by molar-refractivity contribution is 1.39. The normalized spacial score (nSPS) is 11.9. The second-order valence-electron chi connectivity index (χ2n) is 11.4. The van der Waals surface area contributed by atoms with Gasteiger partial charge in [-0.25, -0.2) is 0 Å². The van der Waals surface area contributed by atoms with Gasteiger partial charge in [0.15, 0.2) is 0 Å². The van der Waals surface area contributed by atoms with Gasteiger partial charge in [0.05, 0.1) is 0 Å². The third kappa shape index (κ3) is 4.71. The summed E-state index contributed by atoms with van der Waals surface area (Å²) in [5, 5.41) is 16.9. The van der Waals surface area contributed by atoms with Gasteiger partial charge in [-0.05, 0) is 80.2 Å². The molecule has 8 aromatic carbocycles. The summed E-state index contributed by atoms with van der Waals surface area (Å²) in [7, 11) is -1.56. The zero-order valence-corrected chi connectivity index (χ0v) is 26.4. The van der Waals surface area contributed by atoms with Crippen LogP contribution in [0, 0.1) is 0 Å². The Labute approximate surface area is 261 Å². The Balaban J connectivity index is 1.46. The number of hydrogen-bond donors (Lipinski definition) is 0. The van der Waals surface area contributed by atoms with E-state index in [2.05, 4.69) is 177 Å². The van der Waals surface area contributed by atoms with Crippen molar-refractivity contribution < 1.29 is 0 Å². The first-order valence-electron chi connectivity index (χ1n) is 15.3.